The molecule has 0 amide bonds. The SMILES string of the molecule is Oc1ccc2c(c1)C(Nc1ccn3ncc(Br)c3n1)CC2. The summed E-state index contributed by atoms with van der Waals surface area (Å²) in [6, 6.07) is 7.68. The minimum atomic E-state index is 0.184. The van der Waals surface area contributed by atoms with Crippen molar-refractivity contribution >= 4 is 27.4 Å². The van der Waals surface area contributed by atoms with Crippen LogP contribution in [0.4, 0.5) is 5.82 Å². The lowest BCUT2D eigenvalue weighted by Gasteiger charge is -2.15. The largest absolute Gasteiger partial charge is 0.508 e. The first-order valence-electron chi connectivity index (χ1n) is 6.79. The van der Waals surface area contributed by atoms with Gasteiger partial charge in [0.1, 0.15) is 11.6 Å². The van der Waals surface area contributed by atoms with Crippen molar-refractivity contribution in [2.24, 2.45) is 0 Å². The molecular weight excluding hydrogens is 332 g/mol. The second kappa shape index (κ2) is 4.73. The molecule has 5 nitrogen and oxygen atoms in total. The van der Waals surface area contributed by atoms with Crippen LogP contribution < -0.4 is 5.32 Å². The van der Waals surface area contributed by atoms with Gasteiger partial charge < -0.3 is 10.4 Å². The van der Waals surface area contributed by atoms with Crippen LogP contribution >= 0.6 is 15.9 Å². The van der Waals surface area contributed by atoms with Gasteiger partial charge in [-0.2, -0.15) is 5.10 Å². The van der Waals surface area contributed by atoms with E-state index in [4.69, 9.17) is 0 Å². The third kappa shape index (κ3) is 2.15. The number of nitrogens with zero attached hydrogens (tertiary/aromatic N) is 3. The summed E-state index contributed by atoms with van der Waals surface area (Å²) < 4.78 is 2.60. The molecule has 2 aromatic heterocycles. The summed E-state index contributed by atoms with van der Waals surface area (Å²) in [5.74, 6) is 1.12. The monoisotopic (exact) mass is 344 g/mol. The van der Waals surface area contributed by atoms with E-state index in [2.05, 4.69) is 31.3 Å². The molecule has 1 unspecified atom stereocenters. The number of hydrogen-bond donors (Lipinski definition) is 2. The molecule has 106 valence electrons. The van der Waals surface area contributed by atoms with E-state index < -0.39 is 0 Å². The number of halogens is 1. The van der Waals surface area contributed by atoms with Gasteiger partial charge in [-0.15, -0.1) is 0 Å². The van der Waals surface area contributed by atoms with E-state index in [1.165, 1.54) is 5.56 Å². The molecule has 2 heterocycles. The second-order valence-electron chi connectivity index (χ2n) is 5.19. The maximum absolute atomic E-state index is 9.67. The van der Waals surface area contributed by atoms with E-state index in [0.29, 0.717) is 5.75 Å². The Kier molecular flexibility index (Phi) is 2.85. The van der Waals surface area contributed by atoms with E-state index >= 15 is 0 Å². The zero-order valence-corrected chi connectivity index (χ0v) is 12.7. The molecule has 3 aromatic rings. The maximum Gasteiger partial charge on any atom is 0.171 e. The van der Waals surface area contributed by atoms with E-state index in [-0.39, 0.29) is 6.04 Å². The van der Waals surface area contributed by atoms with E-state index in [1.807, 2.05) is 24.4 Å². The summed E-state index contributed by atoms with van der Waals surface area (Å²) in [6.45, 7) is 0. The average Bonchev–Trinajstić information content (AvgIpc) is 3.04. The fraction of sp³-hybridized carbons (Fsp3) is 0.200. The van der Waals surface area contributed by atoms with Crippen molar-refractivity contribution in [3.05, 3.63) is 52.3 Å². The number of nitrogens with one attached hydrogen (secondary N) is 1. The quantitative estimate of drug-likeness (QED) is 0.748. The van der Waals surface area contributed by atoms with Crippen LogP contribution in [0.3, 0.4) is 0 Å². The van der Waals surface area contributed by atoms with E-state index in [9.17, 15) is 5.11 Å². The average molecular weight is 345 g/mol. The van der Waals surface area contributed by atoms with Gasteiger partial charge in [0.15, 0.2) is 5.65 Å². The van der Waals surface area contributed by atoms with Crippen molar-refractivity contribution in [1.29, 1.82) is 0 Å². The van der Waals surface area contributed by atoms with Crippen LogP contribution in [0.25, 0.3) is 5.65 Å². The number of fused-ring (bicyclic) bond motifs is 2. The molecule has 0 spiro atoms. The van der Waals surface area contributed by atoms with Gasteiger partial charge in [0.2, 0.25) is 0 Å². The Morgan fingerprint density at radius 2 is 2.24 bits per heavy atom. The fourth-order valence-corrected chi connectivity index (χ4v) is 3.20. The number of aromatic nitrogens is 3. The van der Waals surface area contributed by atoms with Crippen LogP contribution in [0.15, 0.2) is 41.1 Å². The molecule has 6 heteroatoms. The number of hydrogen-bond acceptors (Lipinski definition) is 4. The highest BCUT2D eigenvalue weighted by Gasteiger charge is 2.23. The molecule has 1 aliphatic carbocycles. The lowest BCUT2D eigenvalue weighted by atomic mass is 10.1. The Morgan fingerprint density at radius 1 is 1.33 bits per heavy atom. The summed E-state index contributed by atoms with van der Waals surface area (Å²) in [5.41, 5.74) is 3.23. The summed E-state index contributed by atoms with van der Waals surface area (Å²) in [6.07, 6.45) is 5.64. The van der Waals surface area contributed by atoms with Crippen LogP contribution in [0.2, 0.25) is 0 Å². The lowest BCUT2D eigenvalue weighted by Crippen LogP contribution is -2.09. The molecule has 21 heavy (non-hydrogen) atoms. The Hall–Kier alpha value is -2.08. The summed E-state index contributed by atoms with van der Waals surface area (Å²) in [7, 11) is 0. The number of aryl methyl sites for hydroxylation is 1. The molecule has 0 radical (unpaired) electrons. The van der Waals surface area contributed by atoms with Crippen LogP contribution in [-0.2, 0) is 6.42 Å². The van der Waals surface area contributed by atoms with Gasteiger partial charge in [-0.3, -0.25) is 0 Å². The highest BCUT2D eigenvalue weighted by atomic mass is 79.9. The standard InChI is InChI=1S/C15H13BrN4O/c16-12-8-17-20-6-5-14(19-15(12)20)18-13-4-2-9-1-3-10(21)7-11(9)13/h1,3,5-8,13,21H,2,4H2,(H,18,19). The van der Waals surface area contributed by atoms with E-state index in [0.717, 1.165) is 34.3 Å². The van der Waals surface area contributed by atoms with Crippen LogP contribution in [0, 0.1) is 0 Å². The molecule has 0 saturated carbocycles. The third-order valence-electron chi connectivity index (χ3n) is 3.86. The van der Waals surface area contributed by atoms with Crippen LogP contribution in [0.1, 0.15) is 23.6 Å². The number of phenolic OH excluding ortho intramolecular Hbond substituents is 1. The van der Waals surface area contributed by atoms with Crippen molar-refractivity contribution in [2.75, 3.05) is 5.32 Å². The summed E-state index contributed by atoms with van der Waals surface area (Å²) in [4.78, 5) is 4.57. The minimum Gasteiger partial charge on any atom is -0.508 e. The first-order chi connectivity index (χ1) is 10.2. The molecule has 1 atom stereocenters. The molecule has 4 rings (SSSR count). The molecule has 0 fully saturated rings. The zero-order chi connectivity index (χ0) is 14.4. The fourth-order valence-electron chi connectivity index (χ4n) is 2.84. The van der Waals surface area contributed by atoms with Crippen LogP contribution in [0.5, 0.6) is 5.75 Å². The number of benzene rings is 1. The maximum atomic E-state index is 9.67. The Balaban J connectivity index is 1.67. The Labute approximate surface area is 129 Å². The van der Waals surface area contributed by atoms with Gasteiger partial charge in [0.05, 0.1) is 16.7 Å². The van der Waals surface area contributed by atoms with Gasteiger partial charge in [0.25, 0.3) is 0 Å². The Bertz CT molecular complexity index is 830. The number of phenols is 1. The smallest absolute Gasteiger partial charge is 0.171 e. The minimum absolute atomic E-state index is 0.184. The molecule has 0 saturated heterocycles. The molecule has 0 bridgehead atoms. The van der Waals surface area contributed by atoms with E-state index in [1.54, 1.807) is 16.8 Å². The molecule has 1 aliphatic rings. The summed E-state index contributed by atoms with van der Waals surface area (Å²) >= 11 is 3.44. The lowest BCUT2D eigenvalue weighted by molar-refractivity contribution is 0.474. The molecule has 1 aromatic carbocycles. The van der Waals surface area contributed by atoms with Crippen molar-refractivity contribution in [2.45, 2.75) is 18.9 Å². The predicted octanol–water partition coefficient (Wildman–Crippen LogP) is 3.30. The summed E-state index contributed by atoms with van der Waals surface area (Å²) in [5, 5.41) is 17.3. The van der Waals surface area contributed by atoms with Gasteiger partial charge in [-0.25, -0.2) is 9.50 Å². The van der Waals surface area contributed by atoms with Gasteiger partial charge in [-0.1, -0.05) is 6.07 Å². The van der Waals surface area contributed by atoms with Crippen molar-refractivity contribution < 1.29 is 5.11 Å². The van der Waals surface area contributed by atoms with Gasteiger partial charge in [-0.05, 0) is 58.1 Å². The van der Waals surface area contributed by atoms with Crippen LogP contribution in [-0.4, -0.2) is 19.7 Å². The Morgan fingerprint density at radius 3 is 3.14 bits per heavy atom. The zero-order valence-electron chi connectivity index (χ0n) is 11.1. The van der Waals surface area contributed by atoms with Crippen molar-refractivity contribution in [1.82, 2.24) is 14.6 Å². The number of anilines is 1. The van der Waals surface area contributed by atoms with Gasteiger partial charge in [0, 0.05) is 6.20 Å². The first-order valence-corrected chi connectivity index (χ1v) is 7.58. The highest BCUT2D eigenvalue weighted by Crippen LogP contribution is 2.35. The van der Waals surface area contributed by atoms with Crippen molar-refractivity contribution in [3.8, 4) is 5.75 Å². The van der Waals surface area contributed by atoms with Gasteiger partial charge >= 0.3 is 0 Å². The normalized spacial score (nSPS) is 17.1. The number of rotatable bonds is 2. The highest BCUT2D eigenvalue weighted by molar-refractivity contribution is 9.10. The molecular formula is C15H13BrN4O. The second-order valence-corrected chi connectivity index (χ2v) is 6.05. The number of aromatic hydroxyl groups is 1. The molecule has 2 N–H and O–H groups in total. The van der Waals surface area contributed by atoms with Crippen molar-refractivity contribution in [3.63, 3.8) is 0 Å². The molecule has 0 aliphatic heterocycles. The first kappa shape index (κ1) is 12.6. The third-order valence-corrected chi connectivity index (χ3v) is 4.41. The topological polar surface area (TPSA) is 62.5 Å². The predicted molar refractivity (Wildman–Crippen MR) is 83.5 cm³/mol.